The molecule has 2 aromatic rings. The molecule has 0 aliphatic heterocycles. The number of ether oxygens (including phenoxy) is 2. The fraction of sp³-hybridized carbons (Fsp3) is 0.565. The summed E-state index contributed by atoms with van der Waals surface area (Å²) in [4.78, 5) is 27.7. The summed E-state index contributed by atoms with van der Waals surface area (Å²) in [5, 5.41) is 2.97. The van der Waals surface area contributed by atoms with Crippen LogP contribution in [0.15, 0.2) is 18.5 Å². The van der Waals surface area contributed by atoms with Crippen LogP contribution in [0.3, 0.4) is 0 Å². The highest BCUT2D eigenvalue weighted by molar-refractivity contribution is 5.75. The van der Waals surface area contributed by atoms with Crippen LogP contribution >= 0.6 is 0 Å². The maximum Gasteiger partial charge on any atom is 0.318 e. The molecule has 3 N–H and O–H groups in total. The van der Waals surface area contributed by atoms with Crippen molar-refractivity contribution in [3.05, 3.63) is 24.2 Å². The molecule has 2 amide bonds. The number of hydrogen-bond donors (Lipinski definition) is 2. The molecular formula is C23H32F2N6O3. The molecule has 0 spiro atoms. The molecule has 0 aromatic carbocycles. The van der Waals surface area contributed by atoms with Gasteiger partial charge in [-0.1, -0.05) is 0 Å². The van der Waals surface area contributed by atoms with Crippen LogP contribution in [0.1, 0.15) is 51.3 Å². The molecule has 34 heavy (non-hydrogen) atoms. The molecule has 1 saturated carbocycles. The van der Waals surface area contributed by atoms with Crippen molar-refractivity contribution in [2.24, 2.45) is 5.92 Å². The minimum absolute atomic E-state index is 0.166. The van der Waals surface area contributed by atoms with E-state index in [0.29, 0.717) is 29.2 Å². The normalized spacial score (nSPS) is 15.0. The fourth-order valence-electron chi connectivity index (χ4n) is 3.94. The first-order valence-corrected chi connectivity index (χ1v) is 11.3. The predicted octanol–water partition coefficient (Wildman–Crippen LogP) is 4.05. The minimum atomic E-state index is -2.38. The lowest BCUT2D eigenvalue weighted by molar-refractivity contribution is 0.126. The first-order chi connectivity index (χ1) is 16.3. The number of halogens is 2. The number of pyridine rings is 1. The third-order valence-corrected chi connectivity index (χ3v) is 6.04. The van der Waals surface area contributed by atoms with Crippen LogP contribution < -0.4 is 20.5 Å². The highest BCUT2D eigenvalue weighted by Crippen LogP contribution is 2.36. The highest BCUT2D eigenvalue weighted by atomic mass is 19.3. The van der Waals surface area contributed by atoms with E-state index in [-0.39, 0.29) is 42.5 Å². The van der Waals surface area contributed by atoms with Gasteiger partial charge >= 0.3 is 6.03 Å². The number of carbonyl (C=O) groups excluding carboxylic acids is 1. The van der Waals surface area contributed by atoms with Gasteiger partial charge in [0, 0.05) is 24.6 Å². The predicted molar refractivity (Wildman–Crippen MR) is 124 cm³/mol. The van der Waals surface area contributed by atoms with Crippen molar-refractivity contribution in [3.8, 4) is 22.9 Å². The number of carbonyl (C=O) groups is 1. The Kier molecular flexibility index (Phi) is 8.41. The standard InChI is InChI=1S/C23H32F2N6O3/c1-5-31(23(32)30-16(14-6-7-14)8-9-20(24)25)13(2)17-10-15(19(33-3)12-27-17)18-11-28-21(26)22(29-18)34-4/h10-14,16,20H,5-9H2,1-4H3,(H2,26,28)(H,30,32)/t13-,16+/m1/s1. The van der Waals surface area contributed by atoms with E-state index in [4.69, 9.17) is 15.2 Å². The number of nitrogen functional groups attached to an aromatic ring is 1. The summed E-state index contributed by atoms with van der Waals surface area (Å²) >= 11 is 0. The number of rotatable bonds is 11. The summed E-state index contributed by atoms with van der Waals surface area (Å²) < 4.78 is 36.1. The Morgan fingerprint density at radius 3 is 2.56 bits per heavy atom. The van der Waals surface area contributed by atoms with Crippen LogP contribution in [0, 0.1) is 5.92 Å². The smallest absolute Gasteiger partial charge is 0.318 e. The molecule has 186 valence electrons. The van der Waals surface area contributed by atoms with Gasteiger partial charge < -0.3 is 25.4 Å². The second kappa shape index (κ2) is 11.3. The Bertz CT molecular complexity index is 989. The van der Waals surface area contributed by atoms with E-state index in [1.807, 2.05) is 13.8 Å². The number of methoxy groups -OCH3 is 2. The average molecular weight is 479 g/mol. The quantitative estimate of drug-likeness (QED) is 0.500. The SMILES string of the molecule is CCN(C(=O)N[C@@H](CCC(F)F)C1CC1)[C@H](C)c1cc(-c2cnc(N)c(OC)n2)c(OC)cn1. The zero-order valence-electron chi connectivity index (χ0n) is 19.9. The number of aromatic nitrogens is 3. The molecule has 1 aliphatic rings. The number of hydrogen-bond acceptors (Lipinski definition) is 7. The van der Waals surface area contributed by atoms with Gasteiger partial charge in [0.15, 0.2) is 5.82 Å². The molecular weight excluding hydrogens is 446 g/mol. The van der Waals surface area contributed by atoms with E-state index in [0.717, 1.165) is 12.8 Å². The van der Waals surface area contributed by atoms with Gasteiger partial charge in [-0.3, -0.25) is 4.98 Å². The van der Waals surface area contributed by atoms with Gasteiger partial charge in [-0.15, -0.1) is 0 Å². The molecule has 1 aliphatic carbocycles. The monoisotopic (exact) mass is 478 g/mol. The van der Waals surface area contributed by atoms with E-state index >= 15 is 0 Å². The van der Waals surface area contributed by atoms with Gasteiger partial charge in [0.2, 0.25) is 6.43 Å². The number of nitrogens with zero attached hydrogens (tertiary/aromatic N) is 4. The van der Waals surface area contributed by atoms with Gasteiger partial charge in [0.1, 0.15) is 5.75 Å². The van der Waals surface area contributed by atoms with E-state index in [1.165, 1.54) is 20.4 Å². The van der Waals surface area contributed by atoms with Crippen molar-refractivity contribution >= 4 is 11.8 Å². The Hall–Kier alpha value is -3.24. The molecule has 0 unspecified atom stereocenters. The molecule has 2 atom stereocenters. The Labute approximate surface area is 198 Å². The van der Waals surface area contributed by atoms with Crippen molar-refractivity contribution in [2.45, 2.75) is 58.0 Å². The molecule has 2 aromatic heterocycles. The van der Waals surface area contributed by atoms with Crippen LogP contribution in [0.25, 0.3) is 11.3 Å². The number of amides is 2. The number of anilines is 1. The summed E-state index contributed by atoms with van der Waals surface area (Å²) in [5.41, 5.74) is 7.50. The van der Waals surface area contributed by atoms with Crippen LogP contribution in [0.4, 0.5) is 19.4 Å². The summed E-state index contributed by atoms with van der Waals surface area (Å²) in [6.07, 6.45) is 2.64. The maximum atomic E-state index is 13.1. The van der Waals surface area contributed by atoms with Crippen molar-refractivity contribution in [3.63, 3.8) is 0 Å². The van der Waals surface area contributed by atoms with Gasteiger partial charge in [0.25, 0.3) is 5.88 Å². The highest BCUT2D eigenvalue weighted by Gasteiger charge is 2.34. The Balaban J connectivity index is 1.83. The summed E-state index contributed by atoms with van der Waals surface area (Å²) in [6.45, 7) is 4.14. The van der Waals surface area contributed by atoms with Crippen LogP contribution in [-0.4, -0.2) is 59.1 Å². The molecule has 11 heteroatoms. The molecule has 0 radical (unpaired) electrons. The molecule has 0 bridgehead atoms. The van der Waals surface area contributed by atoms with Crippen LogP contribution in [0.2, 0.25) is 0 Å². The van der Waals surface area contributed by atoms with E-state index < -0.39 is 12.5 Å². The van der Waals surface area contributed by atoms with E-state index in [2.05, 4.69) is 20.3 Å². The molecule has 2 heterocycles. The van der Waals surface area contributed by atoms with E-state index in [9.17, 15) is 13.6 Å². The maximum absolute atomic E-state index is 13.1. The first kappa shape index (κ1) is 25.4. The van der Waals surface area contributed by atoms with E-state index in [1.54, 1.807) is 17.2 Å². The lowest BCUT2D eigenvalue weighted by Gasteiger charge is -2.30. The van der Waals surface area contributed by atoms with Gasteiger partial charge in [0.05, 0.1) is 44.0 Å². The number of urea groups is 1. The van der Waals surface area contributed by atoms with Crippen molar-refractivity contribution in [1.82, 2.24) is 25.2 Å². The van der Waals surface area contributed by atoms with Gasteiger partial charge in [-0.05, 0) is 45.1 Å². The second-order valence-corrected chi connectivity index (χ2v) is 8.28. The topological polar surface area (TPSA) is 115 Å². The Morgan fingerprint density at radius 1 is 1.24 bits per heavy atom. The van der Waals surface area contributed by atoms with Gasteiger partial charge in [-0.25, -0.2) is 23.5 Å². The van der Waals surface area contributed by atoms with Crippen molar-refractivity contribution in [2.75, 3.05) is 26.5 Å². The average Bonchev–Trinajstić information content (AvgIpc) is 3.67. The number of nitrogens with one attached hydrogen (secondary N) is 1. The molecule has 9 nitrogen and oxygen atoms in total. The zero-order valence-corrected chi connectivity index (χ0v) is 19.9. The molecule has 3 rings (SSSR count). The van der Waals surface area contributed by atoms with Crippen LogP contribution in [-0.2, 0) is 0 Å². The minimum Gasteiger partial charge on any atom is -0.494 e. The second-order valence-electron chi connectivity index (χ2n) is 8.28. The lowest BCUT2D eigenvalue weighted by Crippen LogP contribution is -2.46. The lowest BCUT2D eigenvalue weighted by atomic mass is 10.1. The molecule has 0 saturated heterocycles. The summed E-state index contributed by atoms with van der Waals surface area (Å²) in [6, 6.07) is 0.844. The fourth-order valence-corrected chi connectivity index (χ4v) is 3.94. The molecule has 1 fully saturated rings. The van der Waals surface area contributed by atoms with Crippen molar-refractivity contribution < 1.29 is 23.0 Å². The van der Waals surface area contributed by atoms with Crippen LogP contribution in [0.5, 0.6) is 11.6 Å². The third kappa shape index (κ3) is 6.00. The summed E-state index contributed by atoms with van der Waals surface area (Å²) in [5.74, 6) is 1.10. The number of alkyl halides is 2. The zero-order chi connectivity index (χ0) is 24.8. The van der Waals surface area contributed by atoms with Gasteiger partial charge in [-0.2, -0.15) is 0 Å². The third-order valence-electron chi connectivity index (χ3n) is 6.04. The first-order valence-electron chi connectivity index (χ1n) is 11.3. The van der Waals surface area contributed by atoms with Crippen molar-refractivity contribution in [1.29, 1.82) is 0 Å². The largest absolute Gasteiger partial charge is 0.494 e. The number of nitrogens with two attached hydrogens (primary N) is 1. The Morgan fingerprint density at radius 2 is 1.97 bits per heavy atom. The summed E-state index contributed by atoms with van der Waals surface area (Å²) in [7, 11) is 2.98.